The second-order valence-electron chi connectivity index (χ2n) is 19.0. The van der Waals surface area contributed by atoms with Gasteiger partial charge in [-0.05, 0) is 128 Å². The Labute approximate surface area is 398 Å². The van der Waals surface area contributed by atoms with Gasteiger partial charge in [-0.15, -0.1) is 0 Å². The number of fused-ring (bicyclic) bond motifs is 7. The third-order valence-electron chi connectivity index (χ3n) is 15.4. The fourth-order valence-electron chi connectivity index (χ4n) is 12.2. The van der Waals surface area contributed by atoms with Gasteiger partial charge in [0, 0.05) is 33.0 Å². The van der Waals surface area contributed by atoms with E-state index in [0.29, 0.717) is 5.92 Å². The number of rotatable bonds is 8. The minimum atomic E-state index is -0.269. The van der Waals surface area contributed by atoms with Gasteiger partial charge in [-0.25, -0.2) is 0 Å². The van der Waals surface area contributed by atoms with Gasteiger partial charge in [0.15, 0.2) is 0 Å². The molecule has 0 N–H and O–H groups in total. The van der Waals surface area contributed by atoms with E-state index in [2.05, 4.69) is 236 Å². The van der Waals surface area contributed by atoms with E-state index in [1.54, 1.807) is 0 Å². The van der Waals surface area contributed by atoms with Crippen LogP contribution in [0.2, 0.25) is 0 Å². The van der Waals surface area contributed by atoms with Gasteiger partial charge in [0.05, 0.1) is 11.4 Å². The molecule has 1 unspecified atom stereocenters. The average Bonchev–Trinajstić information content (AvgIpc) is 3.93. The zero-order valence-corrected chi connectivity index (χ0v) is 38.3. The first-order valence-electron chi connectivity index (χ1n) is 24.5. The van der Waals surface area contributed by atoms with Crippen molar-refractivity contribution < 1.29 is 4.42 Å². The van der Waals surface area contributed by atoms with Gasteiger partial charge in [-0.2, -0.15) is 0 Å². The molecule has 1 atom stereocenters. The van der Waals surface area contributed by atoms with Crippen molar-refractivity contribution in [1.29, 1.82) is 0 Å². The maximum Gasteiger partial charge on any atom is 0.136 e. The molecule has 10 aromatic carbocycles. The molecule has 1 saturated carbocycles. The Hall–Kier alpha value is -7.94. The largest absolute Gasteiger partial charge is 0.456 e. The highest BCUT2D eigenvalue weighted by Crippen LogP contribution is 2.56. The molecule has 13 rings (SSSR count). The van der Waals surface area contributed by atoms with E-state index in [9.17, 15) is 0 Å². The number of anilines is 3. The molecule has 326 valence electrons. The summed E-state index contributed by atoms with van der Waals surface area (Å²) in [6.07, 6.45) is 6.42. The fraction of sp³-hybridized carbons (Fsp3) is 0.121. The molecule has 1 heterocycles. The van der Waals surface area contributed by atoms with E-state index in [-0.39, 0.29) is 5.41 Å². The SMILES string of the molecule is CC1(c2ccccc2)c2ccccc2-c2c(-c3ccc(N(c4ccccc4-c4cccc5cccc(C6CCCCC6)c45)c4ccccc4-c4cccc5oc6ccccc6c45)cc3)cccc21. The Balaban J connectivity index is 1.02. The van der Waals surface area contributed by atoms with Crippen molar-refractivity contribution in [3.05, 3.63) is 247 Å². The lowest BCUT2D eigenvalue weighted by molar-refractivity contribution is 0.445. The van der Waals surface area contributed by atoms with Gasteiger partial charge < -0.3 is 9.32 Å². The third-order valence-corrected chi connectivity index (χ3v) is 15.4. The van der Waals surface area contributed by atoms with Crippen molar-refractivity contribution in [2.75, 3.05) is 4.90 Å². The smallest absolute Gasteiger partial charge is 0.136 e. The lowest BCUT2D eigenvalue weighted by atomic mass is 9.74. The molecule has 68 heavy (non-hydrogen) atoms. The summed E-state index contributed by atoms with van der Waals surface area (Å²) in [5.74, 6) is 0.562. The van der Waals surface area contributed by atoms with E-state index >= 15 is 0 Å². The zero-order valence-electron chi connectivity index (χ0n) is 38.3. The monoisotopic (exact) mass is 873 g/mol. The van der Waals surface area contributed by atoms with Crippen LogP contribution in [0, 0.1) is 0 Å². The summed E-state index contributed by atoms with van der Waals surface area (Å²) in [7, 11) is 0. The Morgan fingerprint density at radius 3 is 1.75 bits per heavy atom. The first-order chi connectivity index (χ1) is 33.6. The van der Waals surface area contributed by atoms with Crippen molar-refractivity contribution in [3.63, 3.8) is 0 Å². The Kier molecular flexibility index (Phi) is 9.75. The third kappa shape index (κ3) is 6.39. The van der Waals surface area contributed by atoms with Gasteiger partial charge in [0.2, 0.25) is 0 Å². The minimum Gasteiger partial charge on any atom is -0.456 e. The molecule has 0 saturated heterocycles. The van der Waals surface area contributed by atoms with Crippen LogP contribution in [0.3, 0.4) is 0 Å². The average molecular weight is 874 g/mol. The number of hydrogen-bond acceptors (Lipinski definition) is 2. The van der Waals surface area contributed by atoms with Crippen molar-refractivity contribution in [2.24, 2.45) is 0 Å². The van der Waals surface area contributed by atoms with E-state index in [0.717, 1.165) is 50.1 Å². The summed E-state index contributed by atoms with van der Waals surface area (Å²) in [6, 6.07) is 83.1. The fourth-order valence-corrected chi connectivity index (χ4v) is 12.2. The molecule has 2 aliphatic rings. The lowest BCUT2D eigenvalue weighted by Gasteiger charge is -2.31. The van der Waals surface area contributed by atoms with Crippen LogP contribution in [-0.2, 0) is 5.41 Å². The summed E-state index contributed by atoms with van der Waals surface area (Å²) in [5, 5.41) is 4.94. The van der Waals surface area contributed by atoms with Gasteiger partial charge in [-0.3, -0.25) is 0 Å². The molecule has 2 aliphatic carbocycles. The first kappa shape index (κ1) is 40.3. The molecule has 2 nitrogen and oxygen atoms in total. The van der Waals surface area contributed by atoms with Gasteiger partial charge in [0.1, 0.15) is 11.2 Å². The first-order valence-corrected chi connectivity index (χ1v) is 24.5. The molecule has 11 aromatic rings. The predicted molar refractivity (Wildman–Crippen MR) is 285 cm³/mol. The Morgan fingerprint density at radius 1 is 0.426 bits per heavy atom. The summed E-state index contributed by atoms with van der Waals surface area (Å²) in [6.45, 7) is 2.40. The van der Waals surface area contributed by atoms with Crippen molar-refractivity contribution in [3.8, 4) is 44.5 Å². The molecule has 1 fully saturated rings. The predicted octanol–water partition coefficient (Wildman–Crippen LogP) is 18.6. The van der Waals surface area contributed by atoms with Crippen LogP contribution in [0.1, 0.15) is 67.2 Å². The summed E-state index contributed by atoms with van der Waals surface area (Å²) in [4.78, 5) is 2.51. The summed E-state index contributed by atoms with van der Waals surface area (Å²) < 4.78 is 6.50. The Morgan fingerprint density at radius 2 is 0.985 bits per heavy atom. The minimum absolute atomic E-state index is 0.269. The number of para-hydroxylation sites is 3. The van der Waals surface area contributed by atoms with E-state index in [4.69, 9.17) is 4.42 Å². The number of nitrogens with zero attached hydrogens (tertiary/aromatic N) is 1. The topological polar surface area (TPSA) is 16.4 Å². The van der Waals surface area contributed by atoms with Crippen LogP contribution in [-0.4, -0.2) is 0 Å². The van der Waals surface area contributed by atoms with Crippen LogP contribution in [0.15, 0.2) is 229 Å². The highest BCUT2D eigenvalue weighted by atomic mass is 16.3. The van der Waals surface area contributed by atoms with Gasteiger partial charge in [0.25, 0.3) is 0 Å². The standard InChI is InChI=1S/C66H51NO/c1-66(47-24-6-3-7-25-47)57-34-12-8-28-55(57)64-50(31-18-35-58(64)66)45-40-42-48(43-41-45)67(60-37-14-10-27-52(60)54-33-19-39-62-65(54)56-29-11-15-38-61(56)68-62)59-36-13-9-26-51(59)53-32-17-23-46-22-16-30-49(63(46)53)44-20-4-2-5-21-44/h3,6-19,22-44H,2,4-5,20-21H2,1H3. The maximum atomic E-state index is 6.50. The molecule has 0 spiro atoms. The van der Waals surface area contributed by atoms with Gasteiger partial charge >= 0.3 is 0 Å². The van der Waals surface area contributed by atoms with Crippen LogP contribution < -0.4 is 4.90 Å². The normalized spacial score (nSPS) is 15.7. The van der Waals surface area contributed by atoms with Crippen LogP contribution in [0.5, 0.6) is 0 Å². The van der Waals surface area contributed by atoms with Crippen LogP contribution >= 0.6 is 0 Å². The Bertz CT molecular complexity index is 3680. The number of furan rings is 1. The summed E-state index contributed by atoms with van der Waals surface area (Å²) >= 11 is 0. The summed E-state index contributed by atoms with van der Waals surface area (Å²) in [5.41, 5.74) is 20.2. The number of hydrogen-bond donors (Lipinski definition) is 0. The lowest BCUT2D eigenvalue weighted by Crippen LogP contribution is -2.22. The molecular formula is C66H51NO. The van der Waals surface area contributed by atoms with Crippen molar-refractivity contribution in [2.45, 2.75) is 50.4 Å². The molecule has 2 heteroatoms. The second-order valence-corrected chi connectivity index (χ2v) is 19.0. The van der Waals surface area contributed by atoms with Crippen molar-refractivity contribution >= 4 is 49.8 Å². The molecule has 0 bridgehead atoms. The molecule has 0 amide bonds. The molecular weight excluding hydrogens is 823 g/mol. The highest BCUT2D eigenvalue weighted by molar-refractivity contribution is 6.14. The molecule has 1 aromatic heterocycles. The van der Waals surface area contributed by atoms with E-state index < -0.39 is 0 Å². The van der Waals surface area contributed by atoms with Crippen LogP contribution in [0.25, 0.3) is 77.2 Å². The zero-order chi connectivity index (χ0) is 45.2. The molecule has 0 aliphatic heterocycles. The second kappa shape index (κ2) is 16.4. The van der Waals surface area contributed by atoms with Crippen LogP contribution in [0.4, 0.5) is 17.1 Å². The van der Waals surface area contributed by atoms with Gasteiger partial charge in [-0.1, -0.05) is 207 Å². The quantitative estimate of drug-likeness (QED) is 0.151. The van der Waals surface area contributed by atoms with Crippen molar-refractivity contribution in [1.82, 2.24) is 0 Å². The highest BCUT2D eigenvalue weighted by Gasteiger charge is 2.41. The number of benzene rings is 10. The molecule has 0 radical (unpaired) electrons. The maximum absolute atomic E-state index is 6.50. The van der Waals surface area contributed by atoms with E-state index in [1.165, 1.54) is 98.5 Å². The van der Waals surface area contributed by atoms with E-state index in [1.807, 2.05) is 0 Å².